The van der Waals surface area contributed by atoms with Gasteiger partial charge in [0.1, 0.15) is 29.3 Å². The molecule has 0 bridgehead atoms. The molecule has 40 heavy (non-hydrogen) atoms. The highest BCUT2D eigenvalue weighted by Gasteiger charge is 2.55. The zero-order chi connectivity index (χ0) is 29.2. The number of aliphatic hydroxyl groups excluding tert-OH is 1. The number of aliphatic hydroxyl groups is 1. The van der Waals surface area contributed by atoms with Crippen LogP contribution in [0.4, 0.5) is 10.2 Å². The van der Waals surface area contributed by atoms with Crippen molar-refractivity contribution < 1.29 is 37.4 Å². The Hall–Kier alpha value is -3.16. The van der Waals surface area contributed by atoms with E-state index in [1.165, 1.54) is 24.7 Å². The number of aromatic nitrogens is 4. The van der Waals surface area contributed by atoms with Gasteiger partial charge < -0.3 is 24.4 Å². The lowest BCUT2D eigenvalue weighted by atomic mass is 9.99. The Morgan fingerprint density at radius 3 is 2.62 bits per heavy atom. The van der Waals surface area contributed by atoms with Crippen LogP contribution in [0.25, 0.3) is 11.2 Å². The summed E-state index contributed by atoms with van der Waals surface area (Å²) in [5, 5.41) is 16.4. The molecule has 0 spiro atoms. The summed E-state index contributed by atoms with van der Waals surface area (Å²) < 4.78 is 53.2. The van der Waals surface area contributed by atoms with Crippen LogP contribution < -0.4 is 14.9 Å². The van der Waals surface area contributed by atoms with E-state index in [1.807, 2.05) is 0 Å². The SMILES string of the molecule is CNc1nc(C)nc2c1ncn2[C@@H]1O[C@](C)(CO[P@](=O)(N[C@@H](C)C(=O)OC(C)C)Oc2ccccc2)[C@@H](O)[C@H]1F. The zero-order valence-electron chi connectivity index (χ0n) is 23.1. The maximum atomic E-state index is 15.5. The maximum absolute atomic E-state index is 15.5. The second kappa shape index (κ2) is 11.8. The molecule has 1 saturated heterocycles. The number of carbonyl (C=O) groups excluding carboxylic acids is 1. The number of fused-ring (bicyclic) bond motifs is 1. The summed E-state index contributed by atoms with van der Waals surface area (Å²) in [6, 6.07) is 7.10. The molecular formula is C25H34FN6O7P. The van der Waals surface area contributed by atoms with E-state index in [0.717, 1.165) is 0 Å². The highest BCUT2D eigenvalue weighted by Crippen LogP contribution is 2.48. The van der Waals surface area contributed by atoms with E-state index in [4.69, 9.17) is 18.5 Å². The van der Waals surface area contributed by atoms with Crippen molar-refractivity contribution in [1.29, 1.82) is 0 Å². The molecule has 13 nitrogen and oxygen atoms in total. The van der Waals surface area contributed by atoms with E-state index < -0.39 is 56.6 Å². The van der Waals surface area contributed by atoms with Crippen LogP contribution in [0.2, 0.25) is 0 Å². The van der Waals surface area contributed by atoms with Crippen LogP contribution in [0.15, 0.2) is 36.7 Å². The summed E-state index contributed by atoms with van der Waals surface area (Å²) in [6.45, 7) is 7.35. The number of nitrogens with one attached hydrogen (secondary N) is 2. The normalized spacial score (nSPS) is 25.1. The van der Waals surface area contributed by atoms with E-state index in [9.17, 15) is 14.5 Å². The number of esters is 1. The first-order chi connectivity index (χ1) is 18.9. The van der Waals surface area contributed by atoms with Crippen LogP contribution in [-0.2, 0) is 23.4 Å². The molecule has 0 amide bonds. The number of para-hydroxylation sites is 1. The van der Waals surface area contributed by atoms with Gasteiger partial charge in [0.25, 0.3) is 0 Å². The van der Waals surface area contributed by atoms with Gasteiger partial charge in [0, 0.05) is 7.05 Å². The third-order valence-electron chi connectivity index (χ3n) is 6.18. The van der Waals surface area contributed by atoms with Gasteiger partial charge in [-0.15, -0.1) is 0 Å². The third kappa shape index (κ3) is 6.26. The Bertz CT molecular complexity index is 1390. The molecule has 1 aliphatic rings. The molecule has 0 aliphatic carbocycles. The van der Waals surface area contributed by atoms with Gasteiger partial charge >= 0.3 is 13.7 Å². The molecule has 1 fully saturated rings. The summed E-state index contributed by atoms with van der Waals surface area (Å²) in [5.41, 5.74) is -0.970. The molecule has 2 aromatic heterocycles. The number of carbonyl (C=O) groups is 1. The van der Waals surface area contributed by atoms with Crippen LogP contribution in [0.5, 0.6) is 5.75 Å². The van der Waals surface area contributed by atoms with Gasteiger partial charge in [-0.05, 0) is 46.8 Å². The van der Waals surface area contributed by atoms with Crippen LogP contribution in [-0.4, -0.2) is 74.3 Å². The number of rotatable bonds is 11. The second-order valence-corrected chi connectivity index (χ2v) is 11.6. The molecule has 3 N–H and O–H groups in total. The number of hydrogen-bond donors (Lipinski definition) is 3. The minimum atomic E-state index is -4.28. The summed E-state index contributed by atoms with van der Waals surface area (Å²) in [7, 11) is -2.61. The highest BCUT2D eigenvalue weighted by molar-refractivity contribution is 7.52. The topological polar surface area (TPSA) is 159 Å². The third-order valence-corrected chi connectivity index (χ3v) is 7.80. The second-order valence-electron chi connectivity index (χ2n) is 9.92. The number of aryl methyl sites for hydroxylation is 1. The fraction of sp³-hybridized carbons (Fsp3) is 0.520. The van der Waals surface area contributed by atoms with Gasteiger partial charge in [0.15, 0.2) is 29.4 Å². The molecule has 3 aromatic rings. The van der Waals surface area contributed by atoms with Crippen LogP contribution >= 0.6 is 7.75 Å². The van der Waals surface area contributed by atoms with Gasteiger partial charge in [-0.1, -0.05) is 18.2 Å². The van der Waals surface area contributed by atoms with E-state index in [1.54, 1.807) is 58.2 Å². The van der Waals surface area contributed by atoms with Crippen molar-refractivity contribution in [2.45, 2.75) is 70.9 Å². The fourth-order valence-corrected chi connectivity index (χ4v) is 5.75. The predicted molar refractivity (Wildman–Crippen MR) is 143 cm³/mol. The first kappa shape index (κ1) is 29.8. The van der Waals surface area contributed by atoms with Gasteiger partial charge in [0.2, 0.25) is 0 Å². The van der Waals surface area contributed by atoms with E-state index >= 15 is 4.39 Å². The summed E-state index contributed by atoms with van der Waals surface area (Å²) in [6.07, 6.45) is -3.97. The Kier molecular flexibility index (Phi) is 8.76. The number of hydrogen-bond acceptors (Lipinski definition) is 11. The Balaban J connectivity index is 1.57. The van der Waals surface area contributed by atoms with Crippen LogP contribution in [0, 0.1) is 6.92 Å². The predicted octanol–water partition coefficient (Wildman–Crippen LogP) is 3.30. The quantitative estimate of drug-likeness (QED) is 0.225. The highest BCUT2D eigenvalue weighted by atomic mass is 31.2. The molecule has 4 rings (SSSR count). The number of benzene rings is 1. The zero-order valence-corrected chi connectivity index (χ0v) is 24.0. The molecule has 15 heteroatoms. The van der Waals surface area contributed by atoms with Gasteiger partial charge in [-0.2, -0.15) is 5.09 Å². The van der Waals surface area contributed by atoms with Gasteiger partial charge in [-0.25, -0.2) is 23.9 Å². The van der Waals surface area contributed by atoms with Crippen molar-refractivity contribution in [1.82, 2.24) is 24.6 Å². The maximum Gasteiger partial charge on any atom is 0.459 e. The van der Waals surface area contributed by atoms with Crippen molar-refractivity contribution in [2.75, 3.05) is 19.0 Å². The summed E-state index contributed by atoms with van der Waals surface area (Å²) in [5.74, 6) is 0.403. The number of anilines is 1. The molecule has 218 valence electrons. The molecule has 0 saturated carbocycles. The number of ether oxygens (including phenoxy) is 2. The largest absolute Gasteiger partial charge is 0.462 e. The van der Waals surface area contributed by atoms with Gasteiger partial charge in [0.05, 0.1) is 19.0 Å². The molecule has 6 atom stereocenters. The molecule has 0 radical (unpaired) electrons. The summed E-state index contributed by atoms with van der Waals surface area (Å²) >= 11 is 0. The lowest BCUT2D eigenvalue weighted by molar-refractivity contribution is -0.149. The van der Waals surface area contributed by atoms with Gasteiger partial charge in [-0.3, -0.25) is 13.9 Å². The van der Waals surface area contributed by atoms with E-state index in [-0.39, 0.29) is 5.75 Å². The lowest BCUT2D eigenvalue weighted by Gasteiger charge is -2.30. The van der Waals surface area contributed by atoms with Crippen molar-refractivity contribution in [3.8, 4) is 5.75 Å². The van der Waals surface area contributed by atoms with Crippen molar-refractivity contribution in [2.24, 2.45) is 0 Å². The minimum Gasteiger partial charge on any atom is -0.462 e. The Morgan fingerprint density at radius 2 is 1.98 bits per heavy atom. The first-order valence-corrected chi connectivity index (χ1v) is 14.3. The van der Waals surface area contributed by atoms with Crippen molar-refractivity contribution in [3.63, 3.8) is 0 Å². The van der Waals surface area contributed by atoms with Crippen molar-refractivity contribution >= 4 is 30.7 Å². The standard InChI is InChI=1S/C25H34FN6O7P/c1-14(2)37-24(34)15(3)31-40(35,39-17-10-8-7-9-11-17)36-12-25(5)20(33)18(26)23(38-25)32-13-28-19-21(27-6)29-16(4)30-22(19)32/h7-11,13-15,18,20,23,33H,12H2,1-6H3,(H,31,35)(H,27,29,30)/t15-,18+,20-,23+,25+,40+/m0/s1. The van der Waals surface area contributed by atoms with E-state index in [2.05, 4.69) is 25.4 Å². The average Bonchev–Trinajstić information content (AvgIpc) is 3.41. The van der Waals surface area contributed by atoms with E-state index in [0.29, 0.717) is 22.8 Å². The molecule has 3 heterocycles. The number of halogens is 1. The summed E-state index contributed by atoms with van der Waals surface area (Å²) in [4.78, 5) is 25.3. The number of nitrogens with zero attached hydrogens (tertiary/aromatic N) is 4. The first-order valence-electron chi connectivity index (χ1n) is 12.7. The number of alkyl halides is 1. The number of imidazole rings is 1. The lowest BCUT2D eigenvalue weighted by Crippen LogP contribution is -2.44. The van der Waals surface area contributed by atoms with Crippen LogP contribution in [0.1, 0.15) is 39.7 Å². The van der Waals surface area contributed by atoms with Crippen LogP contribution in [0.3, 0.4) is 0 Å². The molecular weight excluding hydrogens is 546 g/mol. The average molecular weight is 581 g/mol. The van der Waals surface area contributed by atoms with Crippen molar-refractivity contribution in [3.05, 3.63) is 42.5 Å². The Labute approximate surface area is 231 Å². The minimum absolute atomic E-state index is 0.197. The monoisotopic (exact) mass is 580 g/mol. The fourth-order valence-electron chi connectivity index (χ4n) is 4.17. The molecule has 0 unspecified atom stereocenters. The Morgan fingerprint density at radius 1 is 1.27 bits per heavy atom. The molecule has 1 aromatic carbocycles. The molecule has 1 aliphatic heterocycles. The smallest absolute Gasteiger partial charge is 0.459 e.